The molecule has 18 heteroatoms. The molecule has 0 saturated carbocycles. The molecule has 0 aliphatic heterocycles. The van der Waals surface area contributed by atoms with Crippen LogP contribution in [0.3, 0.4) is 0 Å². The van der Waals surface area contributed by atoms with Crippen LogP contribution in [0.25, 0.3) is 20.9 Å². The van der Waals surface area contributed by atoms with Crippen molar-refractivity contribution in [2.75, 3.05) is 37.7 Å². The van der Waals surface area contributed by atoms with Gasteiger partial charge in [-0.1, -0.05) is 31.8 Å². The number of nitrogens with zero attached hydrogens (tertiary/aromatic N) is 7. The van der Waals surface area contributed by atoms with Crippen molar-refractivity contribution in [2.45, 2.75) is 49.9 Å². The number of azide groups is 2. The quantitative estimate of drug-likeness (QED) is 0.0533. The van der Waals surface area contributed by atoms with Gasteiger partial charge in [0.2, 0.25) is 0 Å². The summed E-state index contributed by atoms with van der Waals surface area (Å²) < 4.78 is 0. The normalized spacial score (nSPS) is 13.6. The first-order valence-corrected chi connectivity index (χ1v) is 12.7. The highest BCUT2D eigenvalue weighted by atomic mass is 35.5. The second-order valence-corrected chi connectivity index (χ2v) is 9.62. The summed E-state index contributed by atoms with van der Waals surface area (Å²) in [7, 11) is 2.88. The van der Waals surface area contributed by atoms with Crippen LogP contribution in [0.4, 0.5) is 0 Å². The molecule has 2 unspecified atom stereocenters. The maximum absolute atomic E-state index is 13.3. The molecule has 0 aromatic carbocycles. The van der Waals surface area contributed by atoms with E-state index in [0.29, 0.717) is 56.8 Å². The van der Waals surface area contributed by atoms with E-state index in [1.807, 2.05) is 0 Å². The van der Waals surface area contributed by atoms with Crippen LogP contribution in [0.1, 0.15) is 38.5 Å². The summed E-state index contributed by atoms with van der Waals surface area (Å²) in [4.78, 5) is 32.9. The molecular weight excluding hydrogens is 527 g/mol. The molecule has 14 nitrogen and oxygen atoms in total. The van der Waals surface area contributed by atoms with Gasteiger partial charge in [-0.05, 0) is 62.7 Å². The third-order valence-electron chi connectivity index (χ3n) is 4.38. The van der Waals surface area contributed by atoms with Crippen molar-refractivity contribution in [1.29, 1.82) is 0 Å². The Balaban J connectivity index is -0.00000480. The zero-order valence-electron chi connectivity index (χ0n) is 19.0. The van der Waals surface area contributed by atoms with Crippen molar-refractivity contribution in [3.05, 3.63) is 20.9 Å². The number of carbonyl (C=O) groups is 2. The average molecular weight is 564 g/mol. The van der Waals surface area contributed by atoms with E-state index < -0.39 is 23.1 Å². The van der Waals surface area contributed by atoms with Crippen molar-refractivity contribution in [3.8, 4) is 0 Å². The fraction of sp³-hybridized carbons (Fsp3) is 0.875. The number of imide groups is 1. The number of nitrogens with two attached hydrogens (primary N) is 5. The molecular formula is C16H36Cl2N12O2S2. The van der Waals surface area contributed by atoms with Gasteiger partial charge < -0.3 is 28.7 Å². The lowest BCUT2D eigenvalue weighted by molar-refractivity contribution is -0.151. The van der Waals surface area contributed by atoms with Gasteiger partial charge in [-0.2, -0.15) is 0 Å². The maximum Gasteiger partial charge on any atom is 0.255 e. The third kappa shape index (κ3) is 13.1. The fourth-order valence-corrected chi connectivity index (χ4v) is 4.50. The van der Waals surface area contributed by atoms with Crippen LogP contribution in [-0.2, 0) is 9.59 Å². The second-order valence-electron chi connectivity index (χ2n) is 6.91. The van der Waals surface area contributed by atoms with Gasteiger partial charge in [-0.25, -0.2) is 0 Å². The lowest BCUT2D eigenvalue weighted by atomic mass is 9.99. The minimum atomic E-state index is -2.01. The number of amides is 2. The Kier molecular flexibility index (Phi) is 23.3. The van der Waals surface area contributed by atoms with Crippen LogP contribution in [-0.4, -0.2) is 65.7 Å². The summed E-state index contributed by atoms with van der Waals surface area (Å²) in [5, 5.41) is 6.95. The first-order chi connectivity index (χ1) is 15.3. The monoisotopic (exact) mass is 562 g/mol. The van der Waals surface area contributed by atoms with Gasteiger partial charge in [-0.15, -0.1) is 24.8 Å². The van der Waals surface area contributed by atoms with Gasteiger partial charge >= 0.3 is 0 Å². The van der Waals surface area contributed by atoms with Crippen molar-refractivity contribution in [1.82, 2.24) is 4.90 Å². The minimum absolute atomic E-state index is 0. The predicted molar refractivity (Wildman–Crippen MR) is 143 cm³/mol. The highest BCUT2D eigenvalue weighted by Crippen LogP contribution is 2.25. The number of rotatable bonds is 18. The number of carbonyl (C=O) groups excluding carboxylic acids is 2. The van der Waals surface area contributed by atoms with E-state index in [2.05, 4.69) is 20.1 Å². The predicted octanol–water partition coefficient (Wildman–Crippen LogP) is 1.71. The van der Waals surface area contributed by atoms with Crippen LogP contribution in [0.5, 0.6) is 0 Å². The summed E-state index contributed by atoms with van der Waals surface area (Å²) in [6, 6.07) is 0. The molecule has 0 fully saturated rings. The molecule has 10 N–H and O–H groups in total. The van der Waals surface area contributed by atoms with E-state index in [0.717, 1.165) is 4.90 Å². The maximum atomic E-state index is 13.3. The lowest BCUT2D eigenvalue weighted by Gasteiger charge is -2.34. The first-order valence-electron chi connectivity index (χ1n) is 10.2. The molecule has 0 heterocycles. The Morgan fingerprint density at radius 3 is 1.53 bits per heavy atom. The highest BCUT2D eigenvalue weighted by Gasteiger charge is 2.44. The van der Waals surface area contributed by atoms with Gasteiger partial charge in [-0.3, -0.25) is 14.5 Å². The summed E-state index contributed by atoms with van der Waals surface area (Å²) in [5.41, 5.74) is 42.6. The molecule has 0 rings (SSSR count). The van der Waals surface area contributed by atoms with Crippen LogP contribution >= 0.6 is 46.4 Å². The van der Waals surface area contributed by atoms with E-state index in [1.54, 1.807) is 0 Å². The molecule has 0 spiro atoms. The van der Waals surface area contributed by atoms with E-state index >= 15 is 0 Å². The SMILES string of the molecule is Cl.Cl.[N-]=[N+]=NC(N)(CCCCN)C(=O)N(CCSSCCN)C(=O)C(N)(CCCCN)N=[N+]=[N-]. The molecule has 0 aliphatic carbocycles. The molecule has 34 heavy (non-hydrogen) atoms. The van der Waals surface area contributed by atoms with Gasteiger partial charge in [0.1, 0.15) is 0 Å². The Morgan fingerprint density at radius 1 is 0.765 bits per heavy atom. The molecule has 0 aliphatic rings. The first kappa shape index (κ1) is 37.4. The van der Waals surface area contributed by atoms with Crippen molar-refractivity contribution >= 4 is 58.2 Å². The Morgan fingerprint density at radius 2 is 1.18 bits per heavy atom. The van der Waals surface area contributed by atoms with Gasteiger partial charge in [0, 0.05) is 34.4 Å². The Bertz CT molecular complexity index is 647. The summed E-state index contributed by atoms with van der Waals surface area (Å²) in [5.74, 6) is -0.803. The van der Waals surface area contributed by atoms with Gasteiger partial charge in [0.05, 0.1) is 0 Å². The highest BCUT2D eigenvalue weighted by molar-refractivity contribution is 8.76. The second kappa shape index (κ2) is 21.1. The zero-order valence-corrected chi connectivity index (χ0v) is 22.2. The third-order valence-corrected chi connectivity index (χ3v) is 6.80. The Labute approximate surface area is 219 Å². The summed E-state index contributed by atoms with van der Waals surface area (Å²) in [6.45, 7) is 1.13. The largest absolute Gasteiger partial charge is 0.330 e. The van der Waals surface area contributed by atoms with E-state index in [4.69, 9.17) is 39.7 Å². The summed E-state index contributed by atoms with van der Waals surface area (Å²) >= 11 is 0. The smallest absolute Gasteiger partial charge is 0.255 e. The number of hydrogen-bond acceptors (Lipinski definition) is 11. The van der Waals surface area contributed by atoms with Gasteiger partial charge in [0.25, 0.3) is 11.8 Å². The zero-order chi connectivity index (χ0) is 24.5. The number of halogens is 2. The van der Waals surface area contributed by atoms with Gasteiger partial charge in [0.15, 0.2) is 11.3 Å². The van der Waals surface area contributed by atoms with Crippen molar-refractivity contribution < 1.29 is 9.59 Å². The average Bonchev–Trinajstić information content (AvgIpc) is 2.76. The number of unbranched alkanes of at least 4 members (excludes halogenated alkanes) is 2. The molecule has 2 atom stereocenters. The van der Waals surface area contributed by atoms with E-state index in [9.17, 15) is 9.59 Å². The van der Waals surface area contributed by atoms with Crippen molar-refractivity contribution in [3.63, 3.8) is 0 Å². The molecule has 0 aromatic rings. The lowest BCUT2D eigenvalue weighted by Crippen LogP contribution is -2.62. The van der Waals surface area contributed by atoms with Crippen molar-refractivity contribution in [2.24, 2.45) is 38.9 Å². The standard InChI is InChI=1S/C16H34N12O2S2.2ClH/c17-7-3-1-5-15(20,24-26-22)13(29)28(10-12-32-31-11-9-19)14(30)16(21,25-27-23)6-2-4-8-18;;/h1-12,17-21H2;2*1H. The summed E-state index contributed by atoms with van der Waals surface area (Å²) in [6.07, 6.45) is 1.87. The molecule has 0 aromatic heterocycles. The molecule has 198 valence electrons. The Hall–Kier alpha value is -1.16. The topological polar surface area (TPSA) is 265 Å². The molecule has 0 bridgehead atoms. The van der Waals surface area contributed by atoms with Crippen LogP contribution in [0.2, 0.25) is 0 Å². The van der Waals surface area contributed by atoms with Crippen LogP contribution in [0, 0.1) is 0 Å². The fourth-order valence-electron chi connectivity index (χ4n) is 2.69. The van der Waals surface area contributed by atoms with Crippen LogP contribution in [0.15, 0.2) is 10.2 Å². The molecule has 0 saturated heterocycles. The molecule has 2 amide bonds. The van der Waals surface area contributed by atoms with E-state index in [-0.39, 0.29) is 44.2 Å². The van der Waals surface area contributed by atoms with Crippen LogP contribution < -0.4 is 28.7 Å². The van der Waals surface area contributed by atoms with E-state index in [1.165, 1.54) is 21.6 Å². The number of hydrogen-bond donors (Lipinski definition) is 5. The molecule has 0 radical (unpaired) electrons. The minimum Gasteiger partial charge on any atom is -0.330 e.